The lowest BCUT2D eigenvalue weighted by molar-refractivity contribution is 0.0358. The summed E-state index contributed by atoms with van der Waals surface area (Å²) in [5, 5.41) is 20.1. The molecule has 1 saturated heterocycles. The third-order valence-corrected chi connectivity index (χ3v) is 5.56. The molecule has 7 nitrogen and oxygen atoms in total. The van der Waals surface area contributed by atoms with Crippen LogP contribution >= 0.6 is 0 Å². The van der Waals surface area contributed by atoms with Crippen molar-refractivity contribution in [2.75, 3.05) is 25.1 Å². The minimum absolute atomic E-state index is 0.0751. The highest BCUT2D eigenvalue weighted by atomic mass is 16.5. The van der Waals surface area contributed by atoms with Crippen LogP contribution in [0.25, 0.3) is 0 Å². The summed E-state index contributed by atoms with van der Waals surface area (Å²) >= 11 is 0. The second-order valence-electron chi connectivity index (χ2n) is 6.87. The highest BCUT2D eigenvalue weighted by Crippen LogP contribution is 2.43. The molecular weight excluding hydrogens is 318 g/mol. The molecule has 0 amide bonds. The molecule has 7 heteroatoms. The lowest BCUT2D eigenvalue weighted by Crippen LogP contribution is -2.35. The number of anilines is 1. The molecule has 0 aromatic carbocycles. The van der Waals surface area contributed by atoms with E-state index >= 15 is 0 Å². The molecule has 0 unspecified atom stereocenters. The van der Waals surface area contributed by atoms with Gasteiger partial charge in [-0.25, -0.2) is 9.97 Å². The van der Waals surface area contributed by atoms with Gasteiger partial charge in [0.15, 0.2) is 0 Å². The van der Waals surface area contributed by atoms with Gasteiger partial charge >= 0.3 is 0 Å². The summed E-state index contributed by atoms with van der Waals surface area (Å²) in [7, 11) is 1.53. The van der Waals surface area contributed by atoms with Crippen molar-refractivity contribution in [2.24, 2.45) is 11.8 Å². The van der Waals surface area contributed by atoms with E-state index in [2.05, 4.69) is 20.9 Å². The molecule has 0 radical (unpaired) electrons. The molecule has 2 aromatic heterocycles. The van der Waals surface area contributed by atoms with Crippen LogP contribution in [0.2, 0.25) is 0 Å². The summed E-state index contributed by atoms with van der Waals surface area (Å²) in [5.74, 6) is 1.29. The second kappa shape index (κ2) is 6.37. The lowest BCUT2D eigenvalue weighted by Gasteiger charge is -2.35. The third-order valence-electron chi connectivity index (χ3n) is 5.56. The predicted molar refractivity (Wildman–Crippen MR) is 91.2 cm³/mol. The molecule has 1 saturated carbocycles. The number of nitrogens with zero attached hydrogens (tertiary/aromatic N) is 5. The van der Waals surface area contributed by atoms with Gasteiger partial charge < -0.3 is 19.3 Å². The summed E-state index contributed by atoms with van der Waals surface area (Å²) in [6.07, 6.45) is 8.46. The van der Waals surface area contributed by atoms with Crippen molar-refractivity contribution in [3.8, 4) is 11.9 Å². The monoisotopic (exact) mass is 339 g/mol. The number of methoxy groups -OCH3 is 1. The average molecular weight is 339 g/mol. The molecule has 25 heavy (non-hydrogen) atoms. The maximum atomic E-state index is 10.6. The van der Waals surface area contributed by atoms with E-state index in [1.807, 2.05) is 16.8 Å². The van der Waals surface area contributed by atoms with Crippen molar-refractivity contribution < 1.29 is 9.84 Å². The number of aromatic nitrogens is 3. The molecule has 0 spiro atoms. The highest BCUT2D eigenvalue weighted by Gasteiger charge is 2.42. The smallest absolute Gasteiger partial charge is 0.233 e. The van der Waals surface area contributed by atoms with Gasteiger partial charge in [0, 0.05) is 31.7 Å². The first-order valence-corrected chi connectivity index (χ1v) is 8.54. The topological polar surface area (TPSA) is 87.2 Å². The summed E-state index contributed by atoms with van der Waals surface area (Å²) in [6, 6.07) is 4.17. The Balaban J connectivity index is 1.57. The summed E-state index contributed by atoms with van der Waals surface area (Å²) in [6.45, 7) is 1.73. The van der Waals surface area contributed by atoms with Crippen LogP contribution in [0.5, 0.6) is 5.88 Å². The van der Waals surface area contributed by atoms with Crippen molar-refractivity contribution >= 4 is 5.69 Å². The molecule has 4 atom stereocenters. The fourth-order valence-corrected chi connectivity index (χ4v) is 4.35. The Kier molecular flexibility index (Phi) is 4.06. The van der Waals surface area contributed by atoms with Crippen molar-refractivity contribution in [2.45, 2.75) is 25.0 Å². The number of pyridine rings is 1. The third kappa shape index (κ3) is 2.72. The van der Waals surface area contributed by atoms with Crippen LogP contribution in [0.15, 0.2) is 31.0 Å². The minimum Gasteiger partial charge on any atom is -0.480 e. The van der Waals surface area contributed by atoms with Gasteiger partial charge in [0.2, 0.25) is 5.88 Å². The Hall–Kier alpha value is -2.59. The first kappa shape index (κ1) is 15.9. The fraction of sp³-hybridized carbons (Fsp3) is 0.500. The maximum Gasteiger partial charge on any atom is 0.233 e. The van der Waals surface area contributed by atoms with Crippen LogP contribution in [-0.2, 0) is 0 Å². The highest BCUT2D eigenvalue weighted by molar-refractivity contribution is 5.63. The normalized spacial score (nSPS) is 28.4. The van der Waals surface area contributed by atoms with E-state index in [9.17, 15) is 10.4 Å². The van der Waals surface area contributed by atoms with E-state index in [-0.39, 0.29) is 12.1 Å². The zero-order valence-corrected chi connectivity index (χ0v) is 14.1. The van der Waals surface area contributed by atoms with Gasteiger partial charge in [0.05, 0.1) is 31.3 Å². The van der Waals surface area contributed by atoms with E-state index < -0.39 is 0 Å². The molecule has 1 aliphatic carbocycles. The number of fused-ring (bicyclic) bond motifs is 1. The van der Waals surface area contributed by atoms with Crippen molar-refractivity contribution in [1.82, 2.24) is 14.5 Å². The van der Waals surface area contributed by atoms with Gasteiger partial charge in [0.25, 0.3) is 0 Å². The van der Waals surface area contributed by atoms with E-state index in [1.165, 1.54) is 7.11 Å². The number of ether oxygens (including phenoxy) is 1. The maximum absolute atomic E-state index is 10.6. The summed E-state index contributed by atoms with van der Waals surface area (Å²) in [4.78, 5) is 10.5. The van der Waals surface area contributed by atoms with Gasteiger partial charge in [-0.1, -0.05) is 0 Å². The Bertz CT molecular complexity index is 785. The molecule has 2 aliphatic rings. The molecule has 1 aliphatic heterocycles. The van der Waals surface area contributed by atoms with Crippen LogP contribution in [0.4, 0.5) is 5.69 Å². The number of rotatable bonds is 3. The van der Waals surface area contributed by atoms with Gasteiger partial charge in [-0.3, -0.25) is 0 Å². The molecule has 1 N–H and O–H groups in total. The van der Waals surface area contributed by atoms with Gasteiger partial charge in [-0.2, -0.15) is 5.26 Å². The first-order valence-electron chi connectivity index (χ1n) is 8.54. The van der Waals surface area contributed by atoms with E-state index in [0.717, 1.165) is 31.6 Å². The molecule has 130 valence electrons. The standard InChI is InChI=1S/C18H21N5O2/c1-25-18-14(8-19)15(2-3-21-18)23-9-12-6-16(22-5-4-20-11-22)17(24)7-13(12)10-23/h2-5,11-13,16-17,24H,6-7,9-10H2,1H3/t12-,13+,16-,17-/m1/s1. The molecule has 3 heterocycles. The first-order chi connectivity index (χ1) is 12.2. The van der Waals surface area contributed by atoms with Crippen LogP contribution in [-0.4, -0.2) is 45.9 Å². The lowest BCUT2D eigenvalue weighted by atomic mass is 9.77. The number of aliphatic hydroxyl groups is 1. The Morgan fingerprint density at radius 1 is 1.28 bits per heavy atom. The molecule has 0 bridgehead atoms. The SMILES string of the molecule is COc1nccc(N2C[C@H]3C[C@@H](n4ccnc4)[C@H](O)C[C@H]3C2)c1C#N. The number of hydrogen-bond donors (Lipinski definition) is 1. The number of imidazole rings is 1. The largest absolute Gasteiger partial charge is 0.480 e. The van der Waals surface area contributed by atoms with Crippen LogP contribution in [0.3, 0.4) is 0 Å². The fourth-order valence-electron chi connectivity index (χ4n) is 4.35. The van der Waals surface area contributed by atoms with Crippen LogP contribution < -0.4 is 9.64 Å². The Morgan fingerprint density at radius 3 is 2.76 bits per heavy atom. The van der Waals surface area contributed by atoms with Crippen molar-refractivity contribution in [1.29, 1.82) is 5.26 Å². The molecule has 2 fully saturated rings. The number of nitriles is 1. The molecule has 2 aromatic rings. The molecule has 4 rings (SSSR count). The van der Waals surface area contributed by atoms with Crippen molar-refractivity contribution in [3.63, 3.8) is 0 Å². The van der Waals surface area contributed by atoms with E-state index in [1.54, 1.807) is 18.7 Å². The molecular formula is C18H21N5O2. The van der Waals surface area contributed by atoms with Crippen LogP contribution in [0.1, 0.15) is 24.4 Å². The zero-order valence-electron chi connectivity index (χ0n) is 14.1. The average Bonchev–Trinajstić information content (AvgIpc) is 3.29. The van der Waals surface area contributed by atoms with Gasteiger partial charge in [-0.05, 0) is 30.7 Å². The number of hydrogen-bond acceptors (Lipinski definition) is 6. The second-order valence-corrected chi connectivity index (χ2v) is 6.87. The Labute approximate surface area is 146 Å². The van der Waals surface area contributed by atoms with Crippen LogP contribution in [0, 0.1) is 23.2 Å². The van der Waals surface area contributed by atoms with Gasteiger partial charge in [-0.15, -0.1) is 0 Å². The quantitative estimate of drug-likeness (QED) is 0.914. The Morgan fingerprint density at radius 2 is 2.08 bits per heavy atom. The zero-order chi connectivity index (χ0) is 17.4. The minimum atomic E-state index is -0.363. The summed E-state index contributed by atoms with van der Waals surface area (Å²) < 4.78 is 7.24. The summed E-state index contributed by atoms with van der Waals surface area (Å²) in [5.41, 5.74) is 1.35. The van der Waals surface area contributed by atoms with E-state index in [4.69, 9.17) is 4.74 Å². The van der Waals surface area contributed by atoms with E-state index in [0.29, 0.717) is 23.3 Å². The predicted octanol–water partition coefficient (Wildman–Crippen LogP) is 1.61. The van der Waals surface area contributed by atoms with Gasteiger partial charge in [0.1, 0.15) is 11.6 Å². The number of aliphatic hydroxyl groups excluding tert-OH is 1. The van der Waals surface area contributed by atoms with Crippen molar-refractivity contribution in [3.05, 3.63) is 36.5 Å².